The first kappa shape index (κ1) is 18.8. The summed E-state index contributed by atoms with van der Waals surface area (Å²) in [7, 11) is 0. The summed E-state index contributed by atoms with van der Waals surface area (Å²) >= 11 is 1.57. The Hall–Kier alpha value is -2.02. The largest absolute Gasteiger partial charge is 0.354 e. The number of aromatic nitrogens is 3. The van der Waals surface area contributed by atoms with Crippen LogP contribution in [0.1, 0.15) is 49.2 Å². The number of nitrogens with one attached hydrogen (secondary N) is 1. The van der Waals surface area contributed by atoms with E-state index in [1.807, 2.05) is 13.8 Å². The number of aryl methyl sites for hydroxylation is 2. The lowest BCUT2D eigenvalue weighted by atomic mass is 9.87. The summed E-state index contributed by atoms with van der Waals surface area (Å²) in [6.45, 7) is 4.70. The van der Waals surface area contributed by atoms with Gasteiger partial charge >= 0.3 is 0 Å². The van der Waals surface area contributed by atoms with Crippen molar-refractivity contribution in [1.29, 1.82) is 0 Å². The molecule has 1 aliphatic rings. The molecule has 0 aliphatic heterocycles. The average Bonchev–Trinajstić information content (AvgIpc) is 2.96. The minimum atomic E-state index is -0.158. The van der Waals surface area contributed by atoms with Crippen LogP contribution in [0.4, 0.5) is 0 Å². The fourth-order valence-corrected chi connectivity index (χ4v) is 4.41. The Balaban J connectivity index is 1.57. The Morgan fingerprint density at radius 2 is 2.04 bits per heavy atom. The number of rotatable bonds is 6. The van der Waals surface area contributed by atoms with Gasteiger partial charge in [0.25, 0.3) is 5.56 Å². The topological polar surface area (TPSA) is 76.9 Å². The molecule has 2 aromatic heterocycles. The number of hydrogen-bond donors (Lipinski definition) is 1. The summed E-state index contributed by atoms with van der Waals surface area (Å²) in [5, 5.41) is 8.36. The summed E-state index contributed by atoms with van der Waals surface area (Å²) in [4.78, 5) is 29.6. The second-order valence-electron chi connectivity index (χ2n) is 6.99. The summed E-state index contributed by atoms with van der Waals surface area (Å²) < 4.78 is 1.42. The van der Waals surface area contributed by atoms with Crippen LogP contribution < -0.4 is 10.9 Å². The Morgan fingerprint density at radius 3 is 2.73 bits per heavy atom. The summed E-state index contributed by atoms with van der Waals surface area (Å²) in [5.41, 5.74) is 1.52. The monoisotopic (exact) mass is 374 g/mol. The fourth-order valence-electron chi connectivity index (χ4n) is 3.53. The molecular formula is C19H26N4O2S. The van der Waals surface area contributed by atoms with E-state index >= 15 is 0 Å². The number of nitrogens with zero attached hydrogens (tertiary/aromatic N) is 3. The third-order valence-corrected chi connectivity index (χ3v) is 5.94. The van der Waals surface area contributed by atoms with Gasteiger partial charge in [-0.15, -0.1) is 11.3 Å². The lowest BCUT2D eigenvalue weighted by Crippen LogP contribution is -2.33. The highest BCUT2D eigenvalue weighted by Crippen LogP contribution is 2.27. The van der Waals surface area contributed by atoms with Gasteiger partial charge in [-0.1, -0.05) is 19.3 Å². The fraction of sp³-hybridized carbons (Fsp3) is 0.579. The van der Waals surface area contributed by atoms with Crippen molar-refractivity contribution in [3.05, 3.63) is 33.2 Å². The molecule has 2 heterocycles. The molecule has 0 bridgehead atoms. The molecule has 7 heteroatoms. The third-order valence-electron chi connectivity index (χ3n) is 4.85. The van der Waals surface area contributed by atoms with Gasteiger partial charge in [0.1, 0.15) is 5.69 Å². The second-order valence-corrected chi connectivity index (χ2v) is 8.19. The van der Waals surface area contributed by atoms with E-state index in [1.54, 1.807) is 17.4 Å². The molecule has 0 saturated heterocycles. The molecule has 2 aromatic rings. The van der Waals surface area contributed by atoms with Crippen LogP contribution in [0.2, 0.25) is 0 Å². The van der Waals surface area contributed by atoms with E-state index in [-0.39, 0.29) is 11.5 Å². The Morgan fingerprint density at radius 1 is 1.27 bits per heavy atom. The number of amides is 1. The second kappa shape index (κ2) is 8.58. The van der Waals surface area contributed by atoms with Crippen LogP contribution in [-0.2, 0) is 11.3 Å². The van der Waals surface area contributed by atoms with Gasteiger partial charge in [0.05, 0.1) is 22.1 Å². The Kier molecular flexibility index (Phi) is 6.19. The number of carbonyl (C=O) groups excluding carboxylic acids is 1. The molecular weight excluding hydrogens is 348 g/mol. The minimum Gasteiger partial charge on any atom is -0.354 e. The zero-order valence-electron chi connectivity index (χ0n) is 15.5. The lowest BCUT2D eigenvalue weighted by Gasteiger charge is -2.20. The molecule has 0 atom stereocenters. The maximum Gasteiger partial charge on any atom is 0.266 e. The first-order valence-electron chi connectivity index (χ1n) is 9.32. The quantitative estimate of drug-likeness (QED) is 0.843. The highest BCUT2D eigenvalue weighted by molar-refractivity contribution is 7.15. The SMILES string of the molecule is Cc1nc(C)c(-c2ccc(=O)n(CCNC(=O)CC3CCCCC3)n2)s1. The zero-order valence-corrected chi connectivity index (χ0v) is 16.3. The van der Waals surface area contributed by atoms with Crippen molar-refractivity contribution in [2.75, 3.05) is 6.54 Å². The molecule has 0 aromatic carbocycles. The molecule has 6 nitrogen and oxygen atoms in total. The van der Waals surface area contributed by atoms with E-state index in [2.05, 4.69) is 15.4 Å². The van der Waals surface area contributed by atoms with Gasteiger partial charge in [0.2, 0.25) is 5.91 Å². The predicted octanol–water partition coefficient (Wildman–Crippen LogP) is 3.07. The van der Waals surface area contributed by atoms with Crippen molar-refractivity contribution in [2.45, 2.75) is 58.9 Å². The van der Waals surface area contributed by atoms with Crippen LogP contribution in [0.15, 0.2) is 16.9 Å². The van der Waals surface area contributed by atoms with Crippen LogP contribution in [0, 0.1) is 19.8 Å². The first-order valence-corrected chi connectivity index (χ1v) is 10.1. The Bertz CT molecular complexity index is 821. The van der Waals surface area contributed by atoms with Gasteiger partial charge in [0, 0.05) is 19.0 Å². The van der Waals surface area contributed by atoms with Gasteiger partial charge in [-0.05, 0) is 38.7 Å². The van der Waals surface area contributed by atoms with Crippen LogP contribution >= 0.6 is 11.3 Å². The highest BCUT2D eigenvalue weighted by atomic mass is 32.1. The molecule has 0 unspecified atom stereocenters. The molecule has 26 heavy (non-hydrogen) atoms. The molecule has 1 N–H and O–H groups in total. The summed E-state index contributed by atoms with van der Waals surface area (Å²) in [5.74, 6) is 0.598. The summed E-state index contributed by atoms with van der Waals surface area (Å²) in [6.07, 6.45) is 6.68. The van der Waals surface area contributed by atoms with E-state index in [4.69, 9.17) is 0 Å². The molecule has 0 radical (unpaired) electrons. The van der Waals surface area contributed by atoms with E-state index in [9.17, 15) is 9.59 Å². The molecule has 0 spiro atoms. The minimum absolute atomic E-state index is 0.0787. The number of carbonyl (C=O) groups is 1. The zero-order chi connectivity index (χ0) is 18.5. The average molecular weight is 375 g/mol. The smallest absolute Gasteiger partial charge is 0.266 e. The van der Waals surface area contributed by atoms with Crippen molar-refractivity contribution in [1.82, 2.24) is 20.1 Å². The van der Waals surface area contributed by atoms with Crippen molar-refractivity contribution in [3.63, 3.8) is 0 Å². The standard InChI is InChI=1S/C19H26N4O2S/c1-13-19(26-14(2)21-13)16-8-9-18(25)23(22-16)11-10-20-17(24)12-15-6-4-3-5-7-15/h8-9,15H,3-7,10-12H2,1-2H3,(H,20,24). The number of hydrogen-bond acceptors (Lipinski definition) is 5. The third kappa shape index (κ3) is 4.78. The molecule has 1 amide bonds. The van der Waals surface area contributed by atoms with Gasteiger partial charge in [-0.25, -0.2) is 9.67 Å². The van der Waals surface area contributed by atoms with Crippen LogP contribution in [-0.4, -0.2) is 27.2 Å². The highest BCUT2D eigenvalue weighted by Gasteiger charge is 2.17. The van der Waals surface area contributed by atoms with E-state index in [1.165, 1.54) is 30.0 Å². The van der Waals surface area contributed by atoms with Crippen LogP contribution in [0.25, 0.3) is 10.6 Å². The van der Waals surface area contributed by atoms with Crippen molar-refractivity contribution >= 4 is 17.2 Å². The van der Waals surface area contributed by atoms with Crippen molar-refractivity contribution in [3.8, 4) is 10.6 Å². The van der Waals surface area contributed by atoms with Crippen LogP contribution in [0.3, 0.4) is 0 Å². The maximum atomic E-state index is 12.1. The lowest BCUT2D eigenvalue weighted by molar-refractivity contribution is -0.122. The molecule has 140 valence electrons. The van der Waals surface area contributed by atoms with Gasteiger partial charge in [0.15, 0.2) is 0 Å². The van der Waals surface area contributed by atoms with Gasteiger partial charge in [-0.3, -0.25) is 9.59 Å². The first-order chi connectivity index (χ1) is 12.5. The van der Waals surface area contributed by atoms with Crippen molar-refractivity contribution in [2.24, 2.45) is 5.92 Å². The molecule has 1 fully saturated rings. The van der Waals surface area contributed by atoms with Gasteiger partial charge in [-0.2, -0.15) is 5.10 Å². The van der Waals surface area contributed by atoms with Crippen molar-refractivity contribution < 1.29 is 4.79 Å². The predicted molar refractivity (Wildman–Crippen MR) is 103 cm³/mol. The molecule has 1 aliphatic carbocycles. The maximum absolute atomic E-state index is 12.1. The number of thiazole rings is 1. The van der Waals surface area contributed by atoms with E-state index in [0.717, 1.165) is 34.1 Å². The van der Waals surface area contributed by atoms with Gasteiger partial charge < -0.3 is 5.32 Å². The summed E-state index contributed by atoms with van der Waals surface area (Å²) in [6, 6.07) is 3.26. The molecule has 3 rings (SSSR count). The normalized spacial score (nSPS) is 15.2. The molecule has 1 saturated carbocycles. The Labute approximate surface area is 157 Å². The van der Waals surface area contributed by atoms with E-state index in [0.29, 0.717) is 25.4 Å². The van der Waals surface area contributed by atoms with Crippen LogP contribution in [0.5, 0.6) is 0 Å². The van der Waals surface area contributed by atoms with E-state index < -0.39 is 0 Å².